The van der Waals surface area contributed by atoms with Crippen LogP contribution < -0.4 is 0 Å². The second kappa shape index (κ2) is 6.27. The summed E-state index contributed by atoms with van der Waals surface area (Å²) in [6.45, 7) is 4.21. The molecule has 1 aromatic rings. The molecule has 0 aliphatic carbocycles. The first kappa shape index (κ1) is 13.5. The lowest BCUT2D eigenvalue weighted by molar-refractivity contribution is -0.118. The lowest BCUT2D eigenvalue weighted by atomic mass is 10.0. The molecular weight excluding hydrogens is 243 g/mol. The standard InChI is InChI=1S/C13H16Cl2O/c1-9(2)6-7-10(16)8-11-12(14)4-3-5-13(11)15/h3-5,9H,6-8H2,1-2H3. The summed E-state index contributed by atoms with van der Waals surface area (Å²) in [5, 5.41) is 1.15. The minimum Gasteiger partial charge on any atom is -0.299 e. The number of hydrogen-bond donors (Lipinski definition) is 0. The molecule has 0 aromatic heterocycles. The highest BCUT2D eigenvalue weighted by atomic mass is 35.5. The van der Waals surface area contributed by atoms with Crippen molar-refractivity contribution in [1.82, 2.24) is 0 Å². The Hall–Kier alpha value is -0.530. The average Bonchev–Trinajstić information content (AvgIpc) is 2.21. The van der Waals surface area contributed by atoms with E-state index >= 15 is 0 Å². The number of Topliss-reactive ketones (excluding diaryl/α,β-unsaturated/α-hetero) is 1. The number of carbonyl (C=O) groups excluding carboxylic acids is 1. The minimum absolute atomic E-state index is 0.198. The zero-order chi connectivity index (χ0) is 12.1. The zero-order valence-electron chi connectivity index (χ0n) is 9.59. The fourth-order valence-electron chi connectivity index (χ4n) is 1.44. The van der Waals surface area contributed by atoms with Gasteiger partial charge < -0.3 is 0 Å². The van der Waals surface area contributed by atoms with Crippen LogP contribution in [0.2, 0.25) is 10.0 Å². The second-order valence-corrected chi connectivity index (χ2v) is 5.16. The molecule has 0 amide bonds. The van der Waals surface area contributed by atoms with Gasteiger partial charge in [0.2, 0.25) is 0 Å². The SMILES string of the molecule is CC(C)CCC(=O)Cc1c(Cl)cccc1Cl. The Morgan fingerprint density at radius 3 is 2.31 bits per heavy atom. The lowest BCUT2D eigenvalue weighted by Crippen LogP contribution is -2.05. The Balaban J connectivity index is 2.63. The van der Waals surface area contributed by atoms with E-state index in [9.17, 15) is 4.79 Å². The van der Waals surface area contributed by atoms with Crippen LogP contribution in [0.1, 0.15) is 32.3 Å². The van der Waals surface area contributed by atoms with E-state index in [1.165, 1.54) is 0 Å². The van der Waals surface area contributed by atoms with Crippen molar-refractivity contribution in [3.05, 3.63) is 33.8 Å². The van der Waals surface area contributed by atoms with Gasteiger partial charge in [-0.15, -0.1) is 0 Å². The summed E-state index contributed by atoms with van der Waals surface area (Å²) in [7, 11) is 0. The Labute approximate surface area is 107 Å². The van der Waals surface area contributed by atoms with Gasteiger partial charge in [-0.1, -0.05) is 43.1 Å². The van der Waals surface area contributed by atoms with Crippen LogP contribution in [0.5, 0.6) is 0 Å². The molecule has 0 saturated carbocycles. The van der Waals surface area contributed by atoms with Crippen LogP contribution in [0.15, 0.2) is 18.2 Å². The van der Waals surface area contributed by atoms with Crippen LogP contribution in [0.25, 0.3) is 0 Å². The van der Waals surface area contributed by atoms with Gasteiger partial charge in [-0.3, -0.25) is 4.79 Å². The molecule has 1 aromatic carbocycles. The molecule has 1 rings (SSSR count). The van der Waals surface area contributed by atoms with E-state index in [1.54, 1.807) is 18.2 Å². The van der Waals surface area contributed by atoms with Crippen molar-refractivity contribution in [2.75, 3.05) is 0 Å². The van der Waals surface area contributed by atoms with Gasteiger partial charge >= 0.3 is 0 Å². The van der Waals surface area contributed by atoms with Gasteiger partial charge in [-0.2, -0.15) is 0 Å². The molecule has 1 nitrogen and oxygen atoms in total. The molecule has 0 saturated heterocycles. The van der Waals surface area contributed by atoms with E-state index in [0.29, 0.717) is 28.8 Å². The molecule has 88 valence electrons. The molecule has 0 aliphatic rings. The van der Waals surface area contributed by atoms with Crippen molar-refractivity contribution in [3.63, 3.8) is 0 Å². The highest BCUT2D eigenvalue weighted by Crippen LogP contribution is 2.25. The summed E-state index contributed by atoms with van der Waals surface area (Å²) < 4.78 is 0. The molecule has 0 heterocycles. The molecule has 0 aliphatic heterocycles. The van der Waals surface area contributed by atoms with Crippen molar-refractivity contribution in [2.45, 2.75) is 33.1 Å². The third-order valence-corrected chi connectivity index (χ3v) is 3.14. The summed E-state index contributed by atoms with van der Waals surface area (Å²) >= 11 is 12.0. The molecule has 0 fully saturated rings. The van der Waals surface area contributed by atoms with Crippen molar-refractivity contribution in [1.29, 1.82) is 0 Å². The number of rotatable bonds is 5. The van der Waals surface area contributed by atoms with E-state index in [4.69, 9.17) is 23.2 Å². The molecular formula is C13H16Cl2O. The van der Waals surface area contributed by atoms with E-state index in [2.05, 4.69) is 13.8 Å². The summed E-state index contributed by atoms with van der Waals surface area (Å²) in [5.74, 6) is 0.745. The highest BCUT2D eigenvalue weighted by molar-refractivity contribution is 6.36. The largest absolute Gasteiger partial charge is 0.299 e. The number of carbonyl (C=O) groups is 1. The van der Waals surface area contributed by atoms with Crippen molar-refractivity contribution >= 4 is 29.0 Å². The predicted molar refractivity (Wildman–Crippen MR) is 69.2 cm³/mol. The Morgan fingerprint density at radius 1 is 1.25 bits per heavy atom. The third kappa shape index (κ3) is 4.15. The first-order valence-corrected chi connectivity index (χ1v) is 6.21. The molecule has 0 unspecified atom stereocenters. The van der Waals surface area contributed by atoms with Crippen molar-refractivity contribution in [3.8, 4) is 0 Å². The van der Waals surface area contributed by atoms with Gasteiger partial charge in [0.05, 0.1) is 0 Å². The van der Waals surface area contributed by atoms with Gasteiger partial charge in [0.15, 0.2) is 0 Å². The Morgan fingerprint density at radius 2 is 1.81 bits per heavy atom. The van der Waals surface area contributed by atoms with E-state index in [1.807, 2.05) is 0 Å². The monoisotopic (exact) mass is 258 g/mol. The highest BCUT2D eigenvalue weighted by Gasteiger charge is 2.11. The molecule has 0 radical (unpaired) electrons. The van der Waals surface area contributed by atoms with Gasteiger partial charge in [0.1, 0.15) is 5.78 Å². The predicted octanol–water partition coefficient (Wildman–Crippen LogP) is 4.54. The smallest absolute Gasteiger partial charge is 0.137 e. The van der Waals surface area contributed by atoms with Crippen LogP contribution in [0.3, 0.4) is 0 Å². The average molecular weight is 259 g/mol. The van der Waals surface area contributed by atoms with Crippen molar-refractivity contribution < 1.29 is 4.79 Å². The van der Waals surface area contributed by atoms with E-state index < -0.39 is 0 Å². The normalized spacial score (nSPS) is 10.8. The zero-order valence-corrected chi connectivity index (χ0v) is 11.1. The molecule has 0 atom stereocenters. The van der Waals surface area contributed by atoms with E-state index in [-0.39, 0.29) is 5.78 Å². The quantitative estimate of drug-likeness (QED) is 0.758. The molecule has 3 heteroatoms. The van der Waals surface area contributed by atoms with Crippen LogP contribution in [0.4, 0.5) is 0 Å². The van der Waals surface area contributed by atoms with Gasteiger partial charge in [0, 0.05) is 22.9 Å². The van der Waals surface area contributed by atoms with Crippen LogP contribution in [-0.2, 0) is 11.2 Å². The minimum atomic E-state index is 0.198. The summed E-state index contributed by atoms with van der Waals surface area (Å²) in [6, 6.07) is 5.31. The first-order chi connectivity index (χ1) is 7.50. The maximum absolute atomic E-state index is 11.7. The van der Waals surface area contributed by atoms with Gasteiger partial charge in [-0.05, 0) is 30.0 Å². The summed E-state index contributed by atoms with van der Waals surface area (Å²) in [6.07, 6.45) is 1.85. The number of halogens is 2. The van der Waals surface area contributed by atoms with Crippen LogP contribution >= 0.6 is 23.2 Å². The second-order valence-electron chi connectivity index (χ2n) is 4.35. The Bertz CT molecular complexity index is 352. The fourth-order valence-corrected chi connectivity index (χ4v) is 1.97. The maximum Gasteiger partial charge on any atom is 0.137 e. The summed E-state index contributed by atoms with van der Waals surface area (Å²) in [4.78, 5) is 11.7. The fraction of sp³-hybridized carbons (Fsp3) is 0.462. The molecule has 16 heavy (non-hydrogen) atoms. The number of hydrogen-bond acceptors (Lipinski definition) is 1. The number of benzene rings is 1. The topological polar surface area (TPSA) is 17.1 Å². The summed E-state index contributed by atoms with van der Waals surface area (Å²) in [5.41, 5.74) is 0.750. The molecule has 0 N–H and O–H groups in total. The Kier molecular flexibility index (Phi) is 5.30. The molecule has 0 spiro atoms. The molecule has 0 bridgehead atoms. The van der Waals surface area contributed by atoms with Gasteiger partial charge in [0.25, 0.3) is 0 Å². The maximum atomic E-state index is 11.7. The number of ketones is 1. The van der Waals surface area contributed by atoms with E-state index in [0.717, 1.165) is 12.0 Å². The third-order valence-electron chi connectivity index (χ3n) is 2.44. The van der Waals surface area contributed by atoms with Gasteiger partial charge in [-0.25, -0.2) is 0 Å². The van der Waals surface area contributed by atoms with Crippen molar-refractivity contribution in [2.24, 2.45) is 5.92 Å². The first-order valence-electron chi connectivity index (χ1n) is 5.45. The van der Waals surface area contributed by atoms with Crippen LogP contribution in [-0.4, -0.2) is 5.78 Å². The lowest BCUT2D eigenvalue weighted by Gasteiger charge is -2.07. The van der Waals surface area contributed by atoms with Crippen LogP contribution in [0, 0.1) is 5.92 Å².